The van der Waals surface area contributed by atoms with Gasteiger partial charge < -0.3 is 10.7 Å². The number of thiophene rings is 2. The molecule has 412 valence electrons. The van der Waals surface area contributed by atoms with E-state index in [1.807, 2.05) is 77.1 Å². The van der Waals surface area contributed by atoms with Crippen LogP contribution in [0.3, 0.4) is 0 Å². The summed E-state index contributed by atoms with van der Waals surface area (Å²) in [5, 5.41) is 6.73. The monoisotopic (exact) mass is 1140 g/mol. The normalized spacial score (nSPS) is 9.50. The molecule has 6 nitrogen and oxygen atoms in total. The average Bonchev–Trinajstić information content (AvgIpc) is 4.07. The number of nitrogens with two attached hydrogens (primary N) is 1. The summed E-state index contributed by atoms with van der Waals surface area (Å²) in [5.41, 5.74) is 27.0. The summed E-state index contributed by atoms with van der Waals surface area (Å²) < 4.78 is 2.57. The summed E-state index contributed by atoms with van der Waals surface area (Å²) in [4.78, 5) is 18.9. The predicted molar refractivity (Wildman–Crippen MR) is 361 cm³/mol. The minimum atomic E-state index is 0.571. The molecule has 4 heterocycles. The highest BCUT2D eigenvalue weighted by Crippen LogP contribution is 2.27. The van der Waals surface area contributed by atoms with Gasteiger partial charge in [0, 0.05) is 82.5 Å². The number of hydrogen-bond acceptors (Lipinski definition) is 6. The molecule has 0 amide bonds. The molecule has 0 fully saturated rings. The van der Waals surface area contributed by atoms with E-state index in [1.165, 1.54) is 48.8 Å². The molecule has 3 N–H and O–H groups in total. The smallest absolute Gasteiger partial charge is 0.188 e. The minimum Gasteiger partial charge on any atom is -0.399 e. The number of aryl methyl sites for hydroxylation is 6. The third-order valence-electron chi connectivity index (χ3n) is 13.2. The predicted octanol–water partition coefficient (Wildman–Crippen LogP) is 16.9. The Morgan fingerprint density at radius 3 is 1.52 bits per heavy atom. The molecule has 4 aromatic heterocycles. The summed E-state index contributed by atoms with van der Waals surface area (Å²) in [6.45, 7) is 26.6. The van der Waals surface area contributed by atoms with Gasteiger partial charge in [-0.2, -0.15) is 0 Å². The van der Waals surface area contributed by atoms with E-state index in [9.17, 15) is 0 Å². The van der Waals surface area contributed by atoms with E-state index in [-0.39, 0.29) is 0 Å². The highest BCUT2D eigenvalue weighted by molar-refractivity contribution is 7.17. The molecule has 0 spiro atoms. The fraction of sp³-hybridized carbons (Fsp3) is 0.128. The first-order valence-corrected chi connectivity index (χ1v) is 29.1. The van der Waals surface area contributed by atoms with Gasteiger partial charge in [-0.3, -0.25) is 0 Å². The van der Waals surface area contributed by atoms with Gasteiger partial charge >= 0.3 is 0 Å². The molecule has 86 heavy (non-hydrogen) atoms. The molecule has 0 unspecified atom stereocenters. The van der Waals surface area contributed by atoms with Gasteiger partial charge in [-0.25, -0.2) is 19.8 Å². The molecule has 7 aromatic carbocycles. The first-order chi connectivity index (χ1) is 41.7. The third-order valence-corrected chi connectivity index (χ3v) is 14.9. The molecule has 8 heteroatoms. The first kappa shape index (κ1) is 60.9. The Kier molecular flexibility index (Phi) is 21.0. The number of H-pyrrole nitrogens is 1. The van der Waals surface area contributed by atoms with Gasteiger partial charge in [0.05, 0.1) is 35.2 Å². The number of fused-ring (bicyclic) bond motifs is 3. The topological polar surface area (TPSA) is 84.8 Å². The number of imidazole rings is 1. The fourth-order valence-corrected chi connectivity index (χ4v) is 10.4. The van der Waals surface area contributed by atoms with Gasteiger partial charge in [0.25, 0.3) is 0 Å². The van der Waals surface area contributed by atoms with Crippen LogP contribution in [-0.4, -0.2) is 19.9 Å². The number of nitrogens with zero attached hydrogens (tertiary/aromatic N) is 4. The van der Waals surface area contributed by atoms with Gasteiger partial charge in [0.2, 0.25) is 0 Å². The maximum absolute atomic E-state index is 7.06. The van der Waals surface area contributed by atoms with Gasteiger partial charge in [0.15, 0.2) is 5.69 Å². The van der Waals surface area contributed by atoms with E-state index in [2.05, 4.69) is 225 Å². The number of rotatable bonds is 0. The molecular weight excluding hydrogens is 1090 g/mol. The van der Waals surface area contributed by atoms with Crippen molar-refractivity contribution in [3.05, 3.63) is 263 Å². The van der Waals surface area contributed by atoms with Crippen molar-refractivity contribution in [2.45, 2.75) is 69.2 Å². The highest BCUT2D eigenvalue weighted by atomic mass is 32.1. The Labute approximate surface area is 514 Å². The minimum absolute atomic E-state index is 0.571. The summed E-state index contributed by atoms with van der Waals surface area (Å²) in [5.74, 6) is 49.8. The van der Waals surface area contributed by atoms with Gasteiger partial charge in [0.1, 0.15) is 6.33 Å². The Bertz CT molecular complexity index is 4980. The maximum atomic E-state index is 7.06. The second kappa shape index (κ2) is 29.7. The van der Waals surface area contributed by atoms with Crippen LogP contribution in [0.25, 0.3) is 36.1 Å². The number of nitrogen functional groups attached to an aromatic ring is 1. The van der Waals surface area contributed by atoms with Crippen molar-refractivity contribution < 1.29 is 0 Å². The Morgan fingerprint density at radius 2 is 0.907 bits per heavy atom. The van der Waals surface area contributed by atoms with Crippen LogP contribution in [0.4, 0.5) is 11.4 Å². The Hall–Kier alpha value is -11.2. The second-order valence-corrected chi connectivity index (χ2v) is 21.5. The number of nitrogens with one attached hydrogen (secondary N) is 1. The highest BCUT2D eigenvalue weighted by Gasteiger charge is 2.07. The van der Waals surface area contributed by atoms with Crippen LogP contribution in [0.2, 0.25) is 0 Å². The van der Waals surface area contributed by atoms with E-state index >= 15 is 0 Å². The molecule has 11 rings (SSSR count). The summed E-state index contributed by atoms with van der Waals surface area (Å²) in [6, 6.07) is 40.5. The SMILES string of the molecule is CC#Cc1cc(C)ccc1C#Cc1ccc(C)cc1C.CC#Cc1cc2[nH]cnc2cc1C#Cc1cncnc1C.CC#Cc1cc2ccsc2cc1C#Cc1cc2ccsc2cc1C.[C-]#[N+]c1ccc(C#Cc2ccc(N)cc2C)c(C#CC)c1. The molecule has 0 radical (unpaired) electrons. The molecule has 0 atom stereocenters. The van der Waals surface area contributed by atoms with Crippen LogP contribution in [0.15, 0.2) is 151 Å². The molecular formula is C78H58N6S2. The lowest BCUT2D eigenvalue weighted by molar-refractivity contribution is 1.09. The first-order valence-electron chi connectivity index (χ1n) is 27.3. The Balaban J connectivity index is 0.000000149. The lowest BCUT2D eigenvalue weighted by Crippen LogP contribution is -1.89. The molecule has 11 aromatic rings. The summed E-state index contributed by atoms with van der Waals surface area (Å²) in [7, 11) is 0. The van der Waals surface area contributed by atoms with Gasteiger partial charge in [-0.15, -0.1) is 46.4 Å². The van der Waals surface area contributed by atoms with E-state index < -0.39 is 0 Å². The van der Waals surface area contributed by atoms with Crippen molar-refractivity contribution in [3.63, 3.8) is 0 Å². The lowest BCUT2D eigenvalue weighted by Gasteiger charge is -2.00. The van der Waals surface area contributed by atoms with Gasteiger partial charge in [-0.05, 0) is 204 Å². The van der Waals surface area contributed by atoms with Gasteiger partial charge in [-0.1, -0.05) is 107 Å². The van der Waals surface area contributed by atoms with E-state index in [1.54, 1.807) is 54.3 Å². The maximum Gasteiger partial charge on any atom is 0.188 e. The molecule has 0 aliphatic heterocycles. The zero-order chi connectivity index (χ0) is 61.0. The molecule has 0 aliphatic carbocycles. The molecule has 0 bridgehead atoms. The van der Waals surface area contributed by atoms with E-state index in [4.69, 9.17) is 12.3 Å². The molecule has 0 saturated carbocycles. The number of aromatic amines is 1. The van der Waals surface area contributed by atoms with Crippen molar-refractivity contribution >= 4 is 65.3 Å². The summed E-state index contributed by atoms with van der Waals surface area (Å²) in [6.07, 6.45) is 4.90. The van der Waals surface area contributed by atoms with Crippen LogP contribution >= 0.6 is 22.7 Å². The van der Waals surface area contributed by atoms with Crippen molar-refractivity contribution in [1.29, 1.82) is 0 Å². The van der Waals surface area contributed by atoms with Crippen LogP contribution in [0.1, 0.15) is 128 Å². The lowest BCUT2D eigenvalue weighted by atomic mass is 10.0. The number of hydrogen-bond donors (Lipinski definition) is 2. The number of aromatic nitrogens is 4. The average molecular weight is 1140 g/mol. The largest absolute Gasteiger partial charge is 0.399 e. The standard InChI is InChI=1S/C22H14S2.C20H18.C19H14N2.C17H12N4/c1-3-4-17-13-20-8-10-24-22(20)14-18(17)6-5-16-12-19-7-9-23-21(19)11-15(16)2;1-5-6-20-14-16(3)8-10-19(20)12-11-18-9-7-15(2)13-17(18)4;1-4-5-17-13-19(21-3)11-9-16(17)7-6-15-8-10-18(20)12-14(15)2;1-3-4-13-7-16-17(21-11-20-16)8-14(13)5-6-15-9-18-10-19-12(15)2/h7-14H,1-2H3;7-10,13-14H,1-4H3;8-13H,20H2,1-2H3;7-11H,1-2H3,(H,20,21). The second-order valence-electron chi connectivity index (χ2n) is 19.6. The zero-order valence-corrected chi connectivity index (χ0v) is 51.2. The van der Waals surface area contributed by atoms with Crippen molar-refractivity contribution in [2.75, 3.05) is 5.73 Å². The van der Waals surface area contributed by atoms with Crippen LogP contribution in [-0.2, 0) is 0 Å². The molecule has 0 aliphatic rings. The zero-order valence-electron chi connectivity index (χ0n) is 49.6. The third kappa shape index (κ3) is 16.3. The molecule has 0 saturated heterocycles. The quantitative estimate of drug-likeness (QED) is 0.0900. The van der Waals surface area contributed by atoms with E-state index in [0.717, 1.165) is 94.7 Å². The fourth-order valence-electron chi connectivity index (χ4n) is 8.71. The number of anilines is 1. The number of benzene rings is 7. The van der Waals surface area contributed by atoms with Crippen LogP contribution in [0.5, 0.6) is 0 Å². The Morgan fingerprint density at radius 1 is 0.430 bits per heavy atom. The van der Waals surface area contributed by atoms with Crippen molar-refractivity contribution in [3.8, 4) is 94.7 Å². The van der Waals surface area contributed by atoms with Crippen molar-refractivity contribution in [1.82, 2.24) is 19.9 Å². The van der Waals surface area contributed by atoms with Crippen molar-refractivity contribution in [2.24, 2.45) is 0 Å². The van der Waals surface area contributed by atoms with Crippen LogP contribution in [0, 0.1) is 143 Å². The summed E-state index contributed by atoms with van der Waals surface area (Å²) >= 11 is 3.51. The van der Waals surface area contributed by atoms with Crippen LogP contribution < -0.4 is 5.73 Å². The van der Waals surface area contributed by atoms with E-state index in [0.29, 0.717) is 5.69 Å².